The van der Waals surface area contributed by atoms with Crippen molar-refractivity contribution < 1.29 is 13.6 Å². The van der Waals surface area contributed by atoms with Crippen LogP contribution in [-0.2, 0) is 25.4 Å². The lowest BCUT2D eigenvalue weighted by molar-refractivity contribution is 0.0301. The molecule has 29 heavy (non-hydrogen) atoms. The highest BCUT2D eigenvalue weighted by Gasteiger charge is 2.32. The molecule has 0 aliphatic heterocycles. The summed E-state index contributed by atoms with van der Waals surface area (Å²) < 4.78 is 18.0. The van der Waals surface area contributed by atoms with Crippen LogP contribution in [0.1, 0.15) is 138 Å². The first kappa shape index (κ1) is 29.5. The Balaban J connectivity index is 3.72. The van der Waals surface area contributed by atoms with Crippen LogP contribution in [0.3, 0.4) is 0 Å². The number of unbranched alkanes of at least 4 members (excludes halogenated alkanes) is 13. The Morgan fingerprint density at radius 1 is 0.552 bits per heavy atom. The van der Waals surface area contributed by atoms with Gasteiger partial charge in [0.25, 0.3) is 0 Å². The molecule has 0 rings (SSSR count). The third kappa shape index (κ3) is 21.5. The quantitative estimate of drug-likeness (QED) is 0.153. The average Bonchev–Trinajstić information content (AvgIpc) is 2.54. The Hall–Kier alpha value is 0.530. The third-order valence-corrected chi connectivity index (χ3v) is 7.32. The molecule has 0 bridgehead atoms. The number of hydrogen-bond acceptors (Lipinski definition) is 4. The van der Waals surface area contributed by atoms with Crippen molar-refractivity contribution in [2.45, 2.75) is 150 Å². The van der Waals surface area contributed by atoms with Gasteiger partial charge in [-0.05, 0) is 59.8 Å². The average molecular weight is 451 g/mol. The van der Waals surface area contributed by atoms with Gasteiger partial charge in [0.1, 0.15) is 0 Å². The molecule has 0 aromatic carbocycles. The highest BCUT2D eigenvalue weighted by Crippen LogP contribution is 2.55. The fourth-order valence-electron chi connectivity index (χ4n) is 3.22. The second-order valence-electron chi connectivity index (χ2n) is 10.3. The maximum absolute atomic E-state index is 6.00. The van der Waals surface area contributed by atoms with Gasteiger partial charge in [-0.15, -0.1) is 0 Å². The van der Waals surface area contributed by atoms with E-state index >= 15 is 0 Å². The second-order valence-corrected chi connectivity index (χ2v) is 13.1. The summed E-state index contributed by atoms with van der Waals surface area (Å²) in [5, 5.41) is 0. The molecular weight excluding hydrogens is 399 g/mol. The first-order valence-electron chi connectivity index (χ1n) is 12.1. The van der Waals surface area contributed by atoms with Gasteiger partial charge in [0.05, 0.1) is 17.8 Å². The maximum atomic E-state index is 6.00. The minimum absolute atomic E-state index is 0.365. The molecule has 0 aliphatic carbocycles. The van der Waals surface area contributed by atoms with Crippen LogP contribution < -0.4 is 0 Å². The summed E-state index contributed by atoms with van der Waals surface area (Å²) in [5.74, 6) is 0. The molecule has 0 spiro atoms. The van der Waals surface area contributed by atoms with Gasteiger partial charge in [-0.25, -0.2) is 0 Å². The van der Waals surface area contributed by atoms with E-state index in [1.165, 1.54) is 83.5 Å². The van der Waals surface area contributed by atoms with Crippen molar-refractivity contribution in [2.75, 3.05) is 6.61 Å². The van der Waals surface area contributed by atoms with Crippen molar-refractivity contribution in [3.05, 3.63) is 0 Å². The smallest absolute Gasteiger partial charge is 0.309 e. The summed E-state index contributed by atoms with van der Waals surface area (Å²) in [7, 11) is 0. The van der Waals surface area contributed by atoms with E-state index in [2.05, 4.69) is 6.92 Å². The van der Waals surface area contributed by atoms with Gasteiger partial charge in [0, 0.05) is 0 Å². The van der Waals surface area contributed by atoms with Gasteiger partial charge in [-0.1, -0.05) is 90.4 Å². The Morgan fingerprint density at radius 3 is 1.17 bits per heavy atom. The number of rotatable bonds is 18. The van der Waals surface area contributed by atoms with E-state index < -0.39 is 6.72 Å². The lowest BCUT2D eigenvalue weighted by Gasteiger charge is -2.34. The second kappa shape index (κ2) is 16.2. The van der Waals surface area contributed by atoms with Crippen LogP contribution in [0, 0.1) is 0 Å². The summed E-state index contributed by atoms with van der Waals surface area (Å²) in [5.41, 5.74) is -0.730. The van der Waals surface area contributed by atoms with Crippen LogP contribution in [0.4, 0.5) is 0 Å². The van der Waals surface area contributed by atoms with E-state index in [-0.39, 0.29) is 11.2 Å². The van der Waals surface area contributed by atoms with Crippen molar-refractivity contribution >= 4 is 18.5 Å². The van der Waals surface area contributed by atoms with E-state index in [9.17, 15) is 0 Å². The van der Waals surface area contributed by atoms with Crippen LogP contribution in [0.2, 0.25) is 0 Å². The SMILES string of the molecule is CCCCCCCCCCCCCCCCOP(=S)(OC(C)(C)C)OC(C)(C)C. The molecule has 0 unspecified atom stereocenters. The van der Waals surface area contributed by atoms with Crippen molar-refractivity contribution in [3.8, 4) is 0 Å². The summed E-state index contributed by atoms with van der Waals surface area (Å²) in [6.07, 6.45) is 18.9. The minimum atomic E-state index is -2.72. The standard InChI is InChI=1S/C24H51O3PS/c1-8-9-10-11-12-13-14-15-16-17-18-19-20-21-22-25-28(29,26-23(2,3)4)27-24(5,6)7/h8-22H2,1-7H3. The van der Waals surface area contributed by atoms with Crippen molar-refractivity contribution in [1.82, 2.24) is 0 Å². The van der Waals surface area contributed by atoms with Gasteiger partial charge in [0.2, 0.25) is 0 Å². The molecular formula is C24H51O3PS. The van der Waals surface area contributed by atoms with Crippen LogP contribution in [0.5, 0.6) is 0 Å². The van der Waals surface area contributed by atoms with E-state index in [1.54, 1.807) is 0 Å². The zero-order valence-corrected chi connectivity index (χ0v) is 22.4. The molecule has 3 nitrogen and oxygen atoms in total. The molecule has 176 valence electrons. The summed E-state index contributed by atoms with van der Waals surface area (Å²) in [6.45, 7) is 12.2. The van der Waals surface area contributed by atoms with Gasteiger partial charge in [0.15, 0.2) is 0 Å². The van der Waals surface area contributed by atoms with Crippen molar-refractivity contribution in [1.29, 1.82) is 0 Å². The van der Waals surface area contributed by atoms with Crippen LogP contribution >= 0.6 is 6.72 Å². The predicted octanol–water partition coefficient (Wildman–Crippen LogP) is 9.34. The van der Waals surface area contributed by atoms with Crippen LogP contribution in [0.15, 0.2) is 0 Å². The third-order valence-electron chi connectivity index (χ3n) is 4.52. The van der Waals surface area contributed by atoms with Crippen LogP contribution in [0.25, 0.3) is 0 Å². The molecule has 0 saturated heterocycles. The predicted molar refractivity (Wildman–Crippen MR) is 132 cm³/mol. The highest BCUT2D eigenvalue weighted by molar-refractivity contribution is 8.07. The fraction of sp³-hybridized carbons (Fsp3) is 1.00. The lowest BCUT2D eigenvalue weighted by Crippen LogP contribution is -2.24. The molecule has 0 radical (unpaired) electrons. The Bertz CT molecular complexity index is 407. The minimum Gasteiger partial charge on any atom is -0.309 e. The molecule has 0 atom stereocenters. The first-order chi connectivity index (χ1) is 13.5. The zero-order valence-electron chi connectivity index (χ0n) is 20.7. The Morgan fingerprint density at radius 2 is 0.862 bits per heavy atom. The largest absolute Gasteiger partial charge is 0.328 e. The molecule has 5 heteroatoms. The molecule has 0 fully saturated rings. The van der Waals surface area contributed by atoms with E-state index in [4.69, 9.17) is 25.4 Å². The molecule has 0 aromatic heterocycles. The zero-order chi connectivity index (χ0) is 22.2. The van der Waals surface area contributed by atoms with Crippen LogP contribution in [-0.4, -0.2) is 17.8 Å². The molecule has 0 amide bonds. The Kier molecular flexibility index (Phi) is 16.5. The number of hydrogen-bond donors (Lipinski definition) is 0. The van der Waals surface area contributed by atoms with Gasteiger partial charge in [-0.2, -0.15) is 0 Å². The van der Waals surface area contributed by atoms with Crippen molar-refractivity contribution in [3.63, 3.8) is 0 Å². The Labute approximate surface area is 188 Å². The van der Waals surface area contributed by atoms with Gasteiger partial charge < -0.3 is 13.6 Å². The molecule has 0 aromatic rings. The van der Waals surface area contributed by atoms with Crippen molar-refractivity contribution in [2.24, 2.45) is 0 Å². The maximum Gasteiger partial charge on any atom is 0.328 e. The normalized spacial score (nSPS) is 13.2. The molecule has 0 N–H and O–H groups in total. The molecule has 0 aliphatic rings. The summed E-state index contributed by atoms with van der Waals surface area (Å²) in [4.78, 5) is 0. The summed E-state index contributed by atoms with van der Waals surface area (Å²) in [6, 6.07) is 0. The topological polar surface area (TPSA) is 27.7 Å². The summed E-state index contributed by atoms with van der Waals surface area (Å²) >= 11 is 5.64. The van der Waals surface area contributed by atoms with E-state index in [0.29, 0.717) is 6.61 Å². The fourth-order valence-corrected chi connectivity index (χ4v) is 6.62. The van der Waals surface area contributed by atoms with Gasteiger partial charge >= 0.3 is 6.72 Å². The molecule has 0 saturated carbocycles. The monoisotopic (exact) mass is 450 g/mol. The van der Waals surface area contributed by atoms with Gasteiger partial charge in [-0.3, -0.25) is 0 Å². The van der Waals surface area contributed by atoms with E-state index in [1.807, 2.05) is 41.5 Å². The highest BCUT2D eigenvalue weighted by atomic mass is 32.5. The van der Waals surface area contributed by atoms with E-state index in [0.717, 1.165) is 6.42 Å². The first-order valence-corrected chi connectivity index (χ1v) is 14.7. The lowest BCUT2D eigenvalue weighted by atomic mass is 10.0. The molecule has 0 heterocycles.